The molecule has 0 heterocycles. The van der Waals surface area contributed by atoms with Crippen molar-refractivity contribution in [2.75, 3.05) is 6.61 Å². The summed E-state index contributed by atoms with van der Waals surface area (Å²) < 4.78 is 6.37. The van der Waals surface area contributed by atoms with E-state index >= 15 is 0 Å². The molecule has 0 aromatic heterocycles. The van der Waals surface area contributed by atoms with Crippen molar-refractivity contribution in [1.29, 1.82) is 0 Å². The minimum absolute atomic E-state index is 0.00931. The van der Waals surface area contributed by atoms with Gasteiger partial charge >= 0.3 is 0 Å². The van der Waals surface area contributed by atoms with E-state index in [0.29, 0.717) is 12.4 Å². The summed E-state index contributed by atoms with van der Waals surface area (Å²) in [5, 5.41) is 9.08. The Bertz CT molecular complexity index is 321. The van der Waals surface area contributed by atoms with Crippen LogP contribution in [0, 0.1) is 0 Å². The summed E-state index contributed by atoms with van der Waals surface area (Å²) in [5.74, 6) is 0.716. The van der Waals surface area contributed by atoms with Crippen LogP contribution in [0.4, 0.5) is 0 Å². The minimum atomic E-state index is -0.00931. The Hall–Kier alpha value is -0.800. The van der Waals surface area contributed by atoms with Gasteiger partial charge in [-0.25, -0.2) is 0 Å². The Morgan fingerprint density at radius 1 is 1.50 bits per heavy atom. The van der Waals surface area contributed by atoms with Crippen LogP contribution < -0.4 is 4.74 Å². The fourth-order valence-corrected chi connectivity index (χ4v) is 1.59. The van der Waals surface area contributed by atoms with Gasteiger partial charge in [0.2, 0.25) is 0 Å². The molecule has 1 rings (SSSR count). The minimum Gasteiger partial charge on any atom is -0.488 e. The third-order valence-electron chi connectivity index (χ3n) is 1.78. The van der Waals surface area contributed by atoms with Gasteiger partial charge in [-0.3, -0.25) is 0 Å². The van der Waals surface area contributed by atoms with Gasteiger partial charge in [-0.1, -0.05) is 24.3 Å². The van der Waals surface area contributed by atoms with Crippen LogP contribution in [0.25, 0.3) is 0 Å². The number of rotatable bonds is 4. The average Bonchev–Trinajstić information content (AvgIpc) is 2.20. The van der Waals surface area contributed by atoms with Crippen molar-refractivity contribution < 1.29 is 9.84 Å². The largest absolute Gasteiger partial charge is 0.488 e. The van der Waals surface area contributed by atoms with Gasteiger partial charge in [-0.15, -0.1) is 0 Å². The van der Waals surface area contributed by atoms with Crippen LogP contribution in [-0.2, 0) is 6.61 Å². The second-order valence-electron chi connectivity index (χ2n) is 2.77. The highest BCUT2D eigenvalue weighted by atomic mass is 79.9. The van der Waals surface area contributed by atoms with E-state index in [4.69, 9.17) is 9.84 Å². The van der Waals surface area contributed by atoms with E-state index < -0.39 is 0 Å². The highest BCUT2D eigenvalue weighted by Crippen LogP contribution is 2.28. The van der Waals surface area contributed by atoms with Crippen molar-refractivity contribution in [2.45, 2.75) is 13.5 Å². The second kappa shape index (κ2) is 5.83. The first-order valence-corrected chi connectivity index (χ1v) is 5.21. The number of benzene rings is 1. The summed E-state index contributed by atoms with van der Waals surface area (Å²) in [6, 6.07) is 5.61. The number of para-hydroxylation sites is 1. The molecule has 0 bridgehead atoms. The molecule has 0 aliphatic carbocycles. The number of aliphatic hydroxyl groups excluding tert-OH is 1. The Labute approximate surface area is 92.3 Å². The topological polar surface area (TPSA) is 29.5 Å². The summed E-state index contributed by atoms with van der Waals surface area (Å²) in [6.45, 7) is 2.45. The number of aliphatic hydroxyl groups is 1. The highest BCUT2D eigenvalue weighted by Gasteiger charge is 2.05. The van der Waals surface area contributed by atoms with Crippen LogP contribution in [0.2, 0.25) is 0 Å². The predicted octanol–water partition coefficient (Wildman–Crippen LogP) is 2.90. The molecule has 0 atom stereocenters. The maximum atomic E-state index is 9.08. The van der Waals surface area contributed by atoms with Gasteiger partial charge in [0.05, 0.1) is 11.1 Å². The summed E-state index contributed by atoms with van der Waals surface area (Å²) in [5.41, 5.74) is 0.795. The Morgan fingerprint density at radius 2 is 2.29 bits per heavy atom. The summed E-state index contributed by atoms with van der Waals surface area (Å²) in [6.07, 6.45) is 3.84. The molecule has 14 heavy (non-hydrogen) atoms. The van der Waals surface area contributed by atoms with Crippen molar-refractivity contribution in [1.82, 2.24) is 0 Å². The molecule has 1 aromatic rings. The van der Waals surface area contributed by atoms with E-state index in [2.05, 4.69) is 15.9 Å². The van der Waals surface area contributed by atoms with Crippen LogP contribution in [0.15, 0.2) is 34.8 Å². The SMILES string of the molecule is CC=CCOc1c(Br)cccc1CO. The van der Waals surface area contributed by atoms with Crippen molar-refractivity contribution in [3.63, 3.8) is 0 Å². The predicted molar refractivity (Wildman–Crippen MR) is 60.4 cm³/mol. The molecule has 1 aromatic carbocycles. The van der Waals surface area contributed by atoms with E-state index in [0.717, 1.165) is 10.0 Å². The van der Waals surface area contributed by atoms with E-state index in [1.165, 1.54) is 0 Å². The molecule has 1 N–H and O–H groups in total. The highest BCUT2D eigenvalue weighted by molar-refractivity contribution is 9.10. The van der Waals surface area contributed by atoms with Gasteiger partial charge in [0.1, 0.15) is 12.4 Å². The fraction of sp³-hybridized carbons (Fsp3) is 0.273. The molecule has 0 spiro atoms. The molecular formula is C11H13BrO2. The van der Waals surface area contributed by atoms with Gasteiger partial charge in [0.25, 0.3) is 0 Å². The summed E-state index contributed by atoms with van der Waals surface area (Å²) >= 11 is 3.38. The zero-order valence-corrected chi connectivity index (χ0v) is 9.62. The van der Waals surface area contributed by atoms with Gasteiger partial charge in [-0.05, 0) is 28.9 Å². The zero-order chi connectivity index (χ0) is 10.4. The lowest BCUT2D eigenvalue weighted by molar-refractivity contribution is 0.269. The van der Waals surface area contributed by atoms with Gasteiger partial charge in [0.15, 0.2) is 0 Å². The average molecular weight is 257 g/mol. The van der Waals surface area contributed by atoms with Crippen LogP contribution in [0.1, 0.15) is 12.5 Å². The lowest BCUT2D eigenvalue weighted by atomic mass is 10.2. The number of halogens is 1. The van der Waals surface area contributed by atoms with E-state index in [9.17, 15) is 0 Å². The number of hydrogen-bond donors (Lipinski definition) is 1. The molecule has 0 saturated carbocycles. The Balaban J connectivity index is 2.82. The van der Waals surface area contributed by atoms with Crippen molar-refractivity contribution in [3.8, 4) is 5.75 Å². The molecule has 0 aliphatic rings. The summed E-state index contributed by atoms with van der Waals surface area (Å²) in [4.78, 5) is 0. The first-order valence-electron chi connectivity index (χ1n) is 4.41. The molecular weight excluding hydrogens is 244 g/mol. The monoisotopic (exact) mass is 256 g/mol. The molecule has 0 fully saturated rings. The summed E-state index contributed by atoms with van der Waals surface area (Å²) in [7, 11) is 0. The Kier molecular flexibility index (Phi) is 4.70. The van der Waals surface area contributed by atoms with Gasteiger partial charge in [0, 0.05) is 5.56 Å². The molecule has 0 aliphatic heterocycles. The third kappa shape index (κ3) is 2.86. The number of hydrogen-bond acceptors (Lipinski definition) is 2. The first-order chi connectivity index (χ1) is 6.79. The maximum Gasteiger partial charge on any atom is 0.139 e. The van der Waals surface area contributed by atoms with Gasteiger partial charge in [-0.2, -0.15) is 0 Å². The van der Waals surface area contributed by atoms with E-state index in [1.54, 1.807) is 0 Å². The quantitative estimate of drug-likeness (QED) is 0.840. The Morgan fingerprint density at radius 3 is 2.93 bits per heavy atom. The molecule has 0 radical (unpaired) electrons. The molecule has 0 amide bonds. The van der Waals surface area contributed by atoms with Crippen LogP contribution in [0.3, 0.4) is 0 Å². The number of allylic oxidation sites excluding steroid dienone is 1. The van der Waals surface area contributed by atoms with Crippen molar-refractivity contribution in [2.24, 2.45) is 0 Å². The molecule has 3 heteroatoms. The smallest absolute Gasteiger partial charge is 0.139 e. The number of ether oxygens (including phenoxy) is 1. The lowest BCUT2D eigenvalue weighted by Gasteiger charge is -2.09. The maximum absolute atomic E-state index is 9.08. The zero-order valence-electron chi connectivity index (χ0n) is 8.03. The van der Waals surface area contributed by atoms with Gasteiger partial charge < -0.3 is 9.84 Å². The molecule has 2 nitrogen and oxygen atoms in total. The lowest BCUT2D eigenvalue weighted by Crippen LogP contribution is -1.98. The molecule has 0 saturated heterocycles. The fourth-order valence-electron chi connectivity index (χ4n) is 1.07. The van der Waals surface area contributed by atoms with Crippen LogP contribution >= 0.6 is 15.9 Å². The standard InChI is InChI=1S/C11H13BrO2/c1-2-3-7-14-11-9(8-13)5-4-6-10(11)12/h2-6,13H,7-8H2,1H3. The molecule has 0 unspecified atom stereocenters. The van der Waals surface area contributed by atoms with Crippen molar-refractivity contribution in [3.05, 3.63) is 40.4 Å². The second-order valence-corrected chi connectivity index (χ2v) is 3.62. The van der Waals surface area contributed by atoms with Crippen LogP contribution in [-0.4, -0.2) is 11.7 Å². The third-order valence-corrected chi connectivity index (χ3v) is 2.40. The van der Waals surface area contributed by atoms with E-state index in [-0.39, 0.29) is 6.61 Å². The first kappa shape index (κ1) is 11.3. The van der Waals surface area contributed by atoms with Crippen LogP contribution in [0.5, 0.6) is 5.75 Å². The molecule has 76 valence electrons. The van der Waals surface area contributed by atoms with Crippen molar-refractivity contribution >= 4 is 15.9 Å². The normalized spacial score (nSPS) is 10.8. The van der Waals surface area contributed by atoms with E-state index in [1.807, 2.05) is 37.3 Å².